The van der Waals surface area contributed by atoms with Gasteiger partial charge in [-0.25, -0.2) is 6.61 Å². The molecule has 1 saturated heterocycles. The van der Waals surface area contributed by atoms with Crippen LogP contribution in [0.5, 0.6) is 5.75 Å². The van der Waals surface area contributed by atoms with Gasteiger partial charge in [-0.15, -0.1) is 17.7 Å². The average molecular weight is 370 g/mol. The first-order valence-electron chi connectivity index (χ1n) is 5.51. The summed E-state index contributed by atoms with van der Waals surface area (Å²) in [5.41, 5.74) is 1.64. The third kappa shape index (κ3) is 5.49. The van der Waals surface area contributed by atoms with Gasteiger partial charge in [0.2, 0.25) is 0 Å². The topological polar surface area (TPSA) is 18.5 Å². The summed E-state index contributed by atoms with van der Waals surface area (Å²) < 4.78 is 10.7. The van der Waals surface area contributed by atoms with Crippen molar-refractivity contribution < 1.29 is 78.4 Å². The Kier molecular flexibility index (Phi) is 8.25. The van der Waals surface area contributed by atoms with Crippen LogP contribution in [0.1, 0.15) is 18.9 Å². The second-order valence-electron chi connectivity index (χ2n) is 4.07. The summed E-state index contributed by atoms with van der Waals surface area (Å²) in [4.78, 5) is 0. The Bertz CT molecular complexity index is 329. The zero-order valence-electron chi connectivity index (χ0n) is 10.7. The van der Waals surface area contributed by atoms with Gasteiger partial charge in [-0.2, -0.15) is 0 Å². The van der Waals surface area contributed by atoms with Crippen molar-refractivity contribution in [3.8, 4) is 5.75 Å². The molecule has 1 aromatic carbocycles. The molecule has 17 heavy (non-hydrogen) atoms. The minimum atomic E-state index is 0. The van der Waals surface area contributed by atoms with Crippen molar-refractivity contribution in [2.24, 2.45) is 5.92 Å². The maximum Gasteiger partial charge on any atom is 1.00 e. The minimum Gasteiger partial charge on any atom is -0.542 e. The fourth-order valence-electron chi connectivity index (χ4n) is 1.65. The van der Waals surface area contributed by atoms with Gasteiger partial charge < -0.3 is 9.47 Å². The summed E-state index contributed by atoms with van der Waals surface area (Å²) in [6.07, 6.45) is 1.13. The average Bonchev–Trinajstić information content (AvgIpc) is 2.73. The molecule has 2 atom stereocenters. The third-order valence-electron chi connectivity index (χ3n) is 2.62. The monoisotopic (exact) mass is 370 g/mol. The van der Waals surface area contributed by atoms with Crippen molar-refractivity contribution in [1.29, 1.82) is 0 Å². The number of methoxy groups -OCH3 is 1. The largest absolute Gasteiger partial charge is 1.00 e. The molecule has 1 aliphatic heterocycles. The molecular formula is C13H17CsO2S. The smallest absolute Gasteiger partial charge is 0.542 e. The zero-order valence-corrected chi connectivity index (χ0v) is 17.8. The van der Waals surface area contributed by atoms with E-state index < -0.39 is 0 Å². The van der Waals surface area contributed by atoms with E-state index in [0.717, 1.165) is 17.9 Å². The number of benzene rings is 1. The number of ether oxygens (including phenoxy) is 2. The second kappa shape index (κ2) is 8.53. The van der Waals surface area contributed by atoms with Crippen LogP contribution in [0.2, 0.25) is 0 Å². The van der Waals surface area contributed by atoms with Gasteiger partial charge in [-0.3, -0.25) is 0 Å². The Labute approximate surface area is 167 Å². The number of thioether (sulfide) groups is 1. The summed E-state index contributed by atoms with van der Waals surface area (Å²) >= 11 is 1.86. The van der Waals surface area contributed by atoms with E-state index in [1.165, 1.54) is 5.56 Å². The first-order chi connectivity index (χ1) is 7.78. The van der Waals surface area contributed by atoms with Crippen molar-refractivity contribution in [2.45, 2.75) is 24.5 Å². The summed E-state index contributed by atoms with van der Waals surface area (Å²) in [6.45, 7) is 4.14. The molecule has 2 nitrogen and oxygen atoms in total. The molecule has 1 aromatic rings. The van der Waals surface area contributed by atoms with Gasteiger partial charge in [0, 0.05) is 5.75 Å². The SMILES string of the molecule is COc1ccc(CSC2C[C@@H](C)[CH-]O2)cc1.[Cs+]. The molecule has 1 unspecified atom stereocenters. The molecule has 1 heterocycles. The maximum atomic E-state index is 5.55. The third-order valence-corrected chi connectivity index (χ3v) is 3.80. The van der Waals surface area contributed by atoms with Crippen molar-refractivity contribution in [2.75, 3.05) is 7.11 Å². The van der Waals surface area contributed by atoms with Gasteiger partial charge in [0.25, 0.3) is 0 Å². The van der Waals surface area contributed by atoms with E-state index in [0.29, 0.717) is 11.4 Å². The molecule has 0 radical (unpaired) electrons. The second-order valence-corrected chi connectivity index (χ2v) is 5.22. The van der Waals surface area contributed by atoms with Gasteiger partial charge in [0.05, 0.1) is 12.5 Å². The predicted octanol–water partition coefficient (Wildman–Crippen LogP) is 0.477. The Morgan fingerprint density at radius 1 is 1.41 bits per heavy atom. The van der Waals surface area contributed by atoms with Crippen LogP contribution in [0.25, 0.3) is 0 Å². The van der Waals surface area contributed by atoms with Crippen molar-refractivity contribution >= 4 is 11.8 Å². The van der Waals surface area contributed by atoms with Crippen LogP contribution in [-0.2, 0) is 10.5 Å². The molecule has 0 saturated carbocycles. The van der Waals surface area contributed by atoms with Crippen LogP contribution < -0.4 is 73.6 Å². The first-order valence-corrected chi connectivity index (χ1v) is 6.56. The Balaban J connectivity index is 0.00000144. The Morgan fingerprint density at radius 3 is 2.65 bits per heavy atom. The molecule has 88 valence electrons. The van der Waals surface area contributed by atoms with Crippen LogP contribution >= 0.6 is 11.8 Å². The van der Waals surface area contributed by atoms with E-state index in [-0.39, 0.29) is 68.9 Å². The van der Waals surface area contributed by atoms with Gasteiger partial charge in [0.1, 0.15) is 5.75 Å². The number of rotatable bonds is 4. The molecule has 0 bridgehead atoms. The molecule has 0 amide bonds. The Hall–Kier alpha value is 1.38. The molecule has 1 fully saturated rings. The zero-order chi connectivity index (χ0) is 11.4. The first kappa shape index (κ1) is 16.4. The van der Waals surface area contributed by atoms with Crippen LogP contribution in [-0.4, -0.2) is 12.5 Å². The van der Waals surface area contributed by atoms with Gasteiger partial charge >= 0.3 is 68.9 Å². The van der Waals surface area contributed by atoms with Gasteiger partial charge in [-0.05, 0) is 24.1 Å². The van der Waals surface area contributed by atoms with Crippen LogP contribution in [0.15, 0.2) is 24.3 Å². The van der Waals surface area contributed by atoms with Crippen molar-refractivity contribution in [3.63, 3.8) is 0 Å². The molecule has 4 heteroatoms. The quantitative estimate of drug-likeness (QED) is 0.719. The normalized spacial score (nSPS) is 23.2. The number of hydrogen-bond acceptors (Lipinski definition) is 3. The summed E-state index contributed by atoms with van der Waals surface area (Å²) in [6, 6.07) is 8.21. The molecule has 0 aromatic heterocycles. The van der Waals surface area contributed by atoms with E-state index in [1.807, 2.05) is 30.5 Å². The van der Waals surface area contributed by atoms with E-state index in [9.17, 15) is 0 Å². The summed E-state index contributed by atoms with van der Waals surface area (Å²) in [5.74, 6) is 2.50. The van der Waals surface area contributed by atoms with E-state index in [2.05, 4.69) is 19.1 Å². The van der Waals surface area contributed by atoms with Crippen LogP contribution in [0.4, 0.5) is 0 Å². The van der Waals surface area contributed by atoms with Crippen molar-refractivity contribution in [3.05, 3.63) is 36.4 Å². The molecule has 0 N–H and O–H groups in total. The van der Waals surface area contributed by atoms with Crippen LogP contribution in [0, 0.1) is 12.5 Å². The van der Waals surface area contributed by atoms with Gasteiger partial charge in [0.15, 0.2) is 0 Å². The minimum absolute atomic E-state index is 0. The van der Waals surface area contributed by atoms with Crippen molar-refractivity contribution in [1.82, 2.24) is 0 Å². The fraction of sp³-hybridized carbons (Fsp3) is 0.462. The molecular weight excluding hydrogens is 353 g/mol. The Morgan fingerprint density at radius 2 is 2.12 bits per heavy atom. The summed E-state index contributed by atoms with van der Waals surface area (Å²) in [7, 11) is 1.69. The maximum absolute atomic E-state index is 5.55. The molecule has 0 spiro atoms. The summed E-state index contributed by atoms with van der Waals surface area (Å²) in [5, 5.41) is 0. The van der Waals surface area contributed by atoms with Gasteiger partial charge in [-0.1, -0.05) is 19.1 Å². The standard InChI is InChI=1S/C13H17O2S.Cs/c1-10-7-13(15-8-10)16-9-11-3-5-12(14-2)6-4-11;/h3-6,8,10,13H,7,9H2,1-2H3;/q-1;+1/t10-,13?;/m1./s1. The van der Waals surface area contributed by atoms with Crippen LogP contribution in [0.3, 0.4) is 0 Å². The molecule has 0 aliphatic carbocycles. The predicted molar refractivity (Wildman–Crippen MR) is 67.2 cm³/mol. The molecule has 1 aliphatic rings. The number of hydrogen-bond donors (Lipinski definition) is 0. The van der Waals surface area contributed by atoms with E-state index in [4.69, 9.17) is 9.47 Å². The fourth-order valence-corrected chi connectivity index (χ4v) is 2.81. The molecule has 2 rings (SSSR count). The van der Waals surface area contributed by atoms with E-state index >= 15 is 0 Å². The van der Waals surface area contributed by atoms with E-state index in [1.54, 1.807) is 7.11 Å².